The van der Waals surface area contributed by atoms with E-state index in [-0.39, 0.29) is 24.5 Å². The molecule has 22 heavy (non-hydrogen) atoms. The molecule has 1 saturated carbocycles. The van der Waals surface area contributed by atoms with Crippen molar-refractivity contribution >= 4 is 5.91 Å². The summed E-state index contributed by atoms with van der Waals surface area (Å²) < 4.78 is 10.6. The first kappa shape index (κ1) is 16.6. The van der Waals surface area contributed by atoms with E-state index in [2.05, 4.69) is 5.32 Å². The van der Waals surface area contributed by atoms with Crippen LogP contribution in [0, 0.1) is 5.92 Å². The Balaban J connectivity index is 2.13. The third-order valence-electron chi connectivity index (χ3n) is 4.11. The second kappa shape index (κ2) is 7.49. The van der Waals surface area contributed by atoms with Crippen molar-refractivity contribution in [2.45, 2.75) is 38.1 Å². The summed E-state index contributed by atoms with van der Waals surface area (Å²) >= 11 is 0. The van der Waals surface area contributed by atoms with Crippen molar-refractivity contribution in [2.75, 3.05) is 20.8 Å². The van der Waals surface area contributed by atoms with Crippen LogP contribution in [-0.2, 0) is 4.79 Å². The van der Waals surface area contributed by atoms with Gasteiger partial charge >= 0.3 is 0 Å². The highest BCUT2D eigenvalue weighted by Crippen LogP contribution is 2.46. The third kappa shape index (κ3) is 4.13. The van der Waals surface area contributed by atoms with Gasteiger partial charge in [0.25, 0.3) is 0 Å². The summed E-state index contributed by atoms with van der Waals surface area (Å²) in [5.41, 5.74) is 1.10. The third-order valence-corrected chi connectivity index (χ3v) is 4.11. The van der Waals surface area contributed by atoms with Gasteiger partial charge < -0.3 is 19.9 Å². The molecule has 1 fully saturated rings. The molecule has 1 aromatic rings. The normalized spacial score (nSPS) is 16.7. The number of hydrogen-bond donors (Lipinski definition) is 2. The number of nitrogens with one attached hydrogen (secondary N) is 1. The molecule has 0 aromatic heterocycles. The van der Waals surface area contributed by atoms with E-state index in [0.717, 1.165) is 18.4 Å². The van der Waals surface area contributed by atoms with Gasteiger partial charge in [-0.05, 0) is 49.3 Å². The van der Waals surface area contributed by atoms with Gasteiger partial charge in [0.1, 0.15) is 0 Å². The molecule has 5 heteroatoms. The summed E-state index contributed by atoms with van der Waals surface area (Å²) in [6.45, 7) is 1.75. The van der Waals surface area contributed by atoms with Crippen molar-refractivity contribution in [3.05, 3.63) is 23.8 Å². The van der Waals surface area contributed by atoms with E-state index >= 15 is 0 Å². The Labute approximate surface area is 131 Å². The van der Waals surface area contributed by atoms with Gasteiger partial charge in [-0.1, -0.05) is 6.07 Å². The Morgan fingerprint density at radius 2 is 2.00 bits per heavy atom. The van der Waals surface area contributed by atoms with Crippen LogP contribution >= 0.6 is 0 Å². The van der Waals surface area contributed by atoms with Crippen LogP contribution in [0.4, 0.5) is 0 Å². The number of benzene rings is 1. The van der Waals surface area contributed by atoms with Crippen molar-refractivity contribution in [3.8, 4) is 11.5 Å². The molecular weight excluding hydrogens is 282 g/mol. The summed E-state index contributed by atoms with van der Waals surface area (Å²) in [6.07, 6.45) is 2.74. The predicted octanol–water partition coefficient (Wildman–Crippen LogP) is 2.08. The lowest BCUT2D eigenvalue weighted by Gasteiger charge is -2.19. The molecule has 0 radical (unpaired) electrons. The molecule has 0 aliphatic heterocycles. The highest BCUT2D eigenvalue weighted by molar-refractivity contribution is 5.77. The van der Waals surface area contributed by atoms with Crippen molar-refractivity contribution < 1.29 is 19.4 Å². The molecule has 2 atom stereocenters. The van der Waals surface area contributed by atoms with E-state index < -0.39 is 0 Å². The molecule has 2 rings (SSSR count). The first-order valence-corrected chi connectivity index (χ1v) is 7.71. The summed E-state index contributed by atoms with van der Waals surface area (Å²) in [5, 5.41) is 11.9. The van der Waals surface area contributed by atoms with Gasteiger partial charge in [0, 0.05) is 12.5 Å². The van der Waals surface area contributed by atoms with Gasteiger partial charge in [0.2, 0.25) is 5.91 Å². The van der Waals surface area contributed by atoms with Crippen LogP contribution in [0.3, 0.4) is 0 Å². The number of rotatable bonds is 8. The molecule has 2 N–H and O–H groups in total. The standard InChI is InChI=1S/C17H25NO4/c1-11(10-19)18-17(20)9-14(12-4-5-12)13-6-7-15(21-2)16(8-13)22-3/h6-8,11-12,14,19H,4-5,9-10H2,1-3H3,(H,18,20). The number of hydrogen-bond acceptors (Lipinski definition) is 4. The molecule has 1 aromatic carbocycles. The van der Waals surface area contributed by atoms with E-state index in [9.17, 15) is 4.79 Å². The van der Waals surface area contributed by atoms with Gasteiger partial charge in [-0.2, -0.15) is 0 Å². The Hall–Kier alpha value is -1.75. The van der Waals surface area contributed by atoms with Crippen LogP contribution in [0.5, 0.6) is 11.5 Å². The monoisotopic (exact) mass is 307 g/mol. The lowest BCUT2D eigenvalue weighted by atomic mass is 9.90. The Morgan fingerprint density at radius 1 is 1.32 bits per heavy atom. The zero-order valence-corrected chi connectivity index (χ0v) is 13.5. The quantitative estimate of drug-likeness (QED) is 0.771. The second-order valence-electron chi connectivity index (χ2n) is 5.91. The summed E-state index contributed by atoms with van der Waals surface area (Å²) in [7, 11) is 3.23. The zero-order chi connectivity index (χ0) is 16.1. The summed E-state index contributed by atoms with van der Waals surface area (Å²) in [4.78, 5) is 12.1. The van der Waals surface area contributed by atoms with Crippen LogP contribution in [-0.4, -0.2) is 37.9 Å². The van der Waals surface area contributed by atoms with Crippen LogP contribution in [0.25, 0.3) is 0 Å². The Kier molecular flexibility index (Phi) is 5.66. The highest BCUT2D eigenvalue weighted by atomic mass is 16.5. The number of aliphatic hydroxyl groups is 1. The number of aliphatic hydroxyl groups excluding tert-OH is 1. The molecular formula is C17H25NO4. The Morgan fingerprint density at radius 3 is 2.55 bits per heavy atom. The minimum Gasteiger partial charge on any atom is -0.493 e. The second-order valence-corrected chi connectivity index (χ2v) is 5.91. The van der Waals surface area contributed by atoms with Crippen LogP contribution in [0.15, 0.2) is 18.2 Å². The fourth-order valence-electron chi connectivity index (χ4n) is 2.72. The first-order valence-electron chi connectivity index (χ1n) is 7.71. The maximum atomic E-state index is 12.1. The molecule has 0 heterocycles. The topological polar surface area (TPSA) is 67.8 Å². The fraction of sp³-hybridized carbons (Fsp3) is 0.588. The largest absolute Gasteiger partial charge is 0.493 e. The summed E-state index contributed by atoms with van der Waals surface area (Å²) in [5.74, 6) is 2.10. The maximum absolute atomic E-state index is 12.1. The van der Waals surface area contributed by atoms with Gasteiger partial charge in [-0.25, -0.2) is 0 Å². The zero-order valence-electron chi connectivity index (χ0n) is 13.5. The number of carbonyl (C=O) groups excluding carboxylic acids is 1. The van der Waals surface area contributed by atoms with Crippen LogP contribution in [0.2, 0.25) is 0 Å². The van der Waals surface area contributed by atoms with Crippen LogP contribution < -0.4 is 14.8 Å². The van der Waals surface area contributed by atoms with E-state index in [4.69, 9.17) is 14.6 Å². The molecule has 0 bridgehead atoms. The number of carbonyl (C=O) groups is 1. The summed E-state index contributed by atoms with van der Waals surface area (Å²) in [6, 6.07) is 5.65. The van der Waals surface area contributed by atoms with Gasteiger partial charge in [-0.3, -0.25) is 4.79 Å². The van der Waals surface area contributed by atoms with E-state index in [1.165, 1.54) is 0 Å². The average molecular weight is 307 g/mol. The van der Waals surface area contributed by atoms with Crippen molar-refractivity contribution in [3.63, 3.8) is 0 Å². The van der Waals surface area contributed by atoms with Crippen LogP contribution in [0.1, 0.15) is 37.7 Å². The van der Waals surface area contributed by atoms with Crippen molar-refractivity contribution in [2.24, 2.45) is 5.92 Å². The minimum absolute atomic E-state index is 0.0202. The first-order chi connectivity index (χ1) is 10.6. The smallest absolute Gasteiger partial charge is 0.220 e. The molecule has 1 aliphatic carbocycles. The van der Waals surface area contributed by atoms with Gasteiger partial charge in [0.05, 0.1) is 20.8 Å². The number of ether oxygens (including phenoxy) is 2. The van der Waals surface area contributed by atoms with Crippen molar-refractivity contribution in [1.82, 2.24) is 5.32 Å². The fourth-order valence-corrected chi connectivity index (χ4v) is 2.72. The molecule has 122 valence electrons. The predicted molar refractivity (Wildman–Crippen MR) is 84.3 cm³/mol. The van der Waals surface area contributed by atoms with E-state index in [1.54, 1.807) is 21.1 Å². The molecule has 1 aliphatic rings. The van der Waals surface area contributed by atoms with Gasteiger partial charge in [-0.15, -0.1) is 0 Å². The number of amides is 1. The van der Waals surface area contributed by atoms with Crippen molar-refractivity contribution in [1.29, 1.82) is 0 Å². The van der Waals surface area contributed by atoms with Gasteiger partial charge in [0.15, 0.2) is 11.5 Å². The minimum atomic E-state index is -0.210. The molecule has 0 spiro atoms. The molecule has 1 amide bonds. The highest BCUT2D eigenvalue weighted by Gasteiger charge is 2.34. The molecule has 2 unspecified atom stereocenters. The number of methoxy groups -OCH3 is 2. The average Bonchev–Trinajstić information content (AvgIpc) is 3.36. The Bertz CT molecular complexity index is 513. The van der Waals surface area contributed by atoms with E-state index in [0.29, 0.717) is 23.8 Å². The maximum Gasteiger partial charge on any atom is 0.220 e. The van der Waals surface area contributed by atoms with E-state index in [1.807, 2.05) is 18.2 Å². The SMILES string of the molecule is COc1ccc(C(CC(=O)NC(C)CO)C2CC2)cc1OC. The lowest BCUT2D eigenvalue weighted by Crippen LogP contribution is -2.35. The lowest BCUT2D eigenvalue weighted by molar-refractivity contribution is -0.122. The molecule has 5 nitrogen and oxygen atoms in total. The molecule has 0 saturated heterocycles.